The third-order valence-electron chi connectivity index (χ3n) is 1.11. The first-order valence-electron chi connectivity index (χ1n) is 4.23. The largest absolute Gasteiger partial charge is 2.00 e. The maximum absolute atomic E-state index is 7.00. The minimum atomic E-state index is 0. The van der Waals surface area contributed by atoms with Crippen LogP contribution in [0, 0.1) is 0 Å². The van der Waals surface area contributed by atoms with Crippen LogP contribution >= 0.6 is 0 Å². The van der Waals surface area contributed by atoms with Crippen LogP contribution in [0.2, 0.25) is 0 Å². The van der Waals surface area contributed by atoms with Gasteiger partial charge in [0.1, 0.15) is 0 Å². The fraction of sp³-hybridized carbons (Fsp3) is 0.167. The van der Waals surface area contributed by atoms with Crippen molar-refractivity contribution < 1.29 is 53.6 Å². The first-order valence-corrected chi connectivity index (χ1v) is 4.23. The van der Waals surface area contributed by atoms with E-state index < -0.39 is 0 Å². The zero-order valence-corrected chi connectivity index (χ0v) is 12.8. The topological polar surface area (TPSA) is 40.5 Å². The van der Waals surface area contributed by atoms with Crippen molar-refractivity contribution in [2.45, 2.75) is 0 Å². The predicted octanol–water partition coefficient (Wildman–Crippen LogP) is 2.02. The molecule has 0 spiro atoms. The Balaban J connectivity index is -0.0000000631. The van der Waals surface area contributed by atoms with Crippen LogP contribution in [-0.2, 0) is 43.4 Å². The maximum Gasteiger partial charge on any atom is 2.00 e. The summed E-state index contributed by atoms with van der Waals surface area (Å²) in [5.74, 6) is 0. The molecule has 0 aliphatic rings. The summed E-state index contributed by atoms with van der Waals surface area (Å²) >= 11 is 0. The summed E-state index contributed by atoms with van der Waals surface area (Å²) in [6.45, 7) is 0. The van der Waals surface area contributed by atoms with Gasteiger partial charge in [0.2, 0.25) is 0 Å². The number of hydrogen-bond acceptors (Lipinski definition) is 2. The molecule has 0 aromatic heterocycles. The van der Waals surface area contributed by atoms with Crippen molar-refractivity contribution in [1.82, 2.24) is 0 Å². The fourth-order valence-electron chi connectivity index (χ4n) is 0.642. The molecular weight excluding hydrogens is 272 g/mol. The van der Waals surface area contributed by atoms with Crippen molar-refractivity contribution in [1.29, 1.82) is 0 Å². The Labute approximate surface area is 128 Å². The van der Waals surface area contributed by atoms with Gasteiger partial charge in [0.15, 0.2) is 0 Å². The summed E-state index contributed by atoms with van der Waals surface area (Å²) in [6, 6.07) is 20.0. The number of rotatable bonds is 0. The minimum absolute atomic E-state index is 0. The van der Waals surface area contributed by atoms with Gasteiger partial charge in [-0.05, 0) is 0 Å². The van der Waals surface area contributed by atoms with E-state index in [2.05, 4.69) is 0 Å². The van der Waals surface area contributed by atoms with Crippen LogP contribution in [0.4, 0.5) is 0 Å². The molecule has 2 aromatic rings. The third kappa shape index (κ3) is 23.7. The quantitative estimate of drug-likeness (QED) is 0.575. The Hall–Kier alpha value is 0.0486. The van der Waals surface area contributed by atoms with Crippen LogP contribution in [0.1, 0.15) is 0 Å². The van der Waals surface area contributed by atoms with Gasteiger partial charge in [-0.25, -0.2) is 24.3 Å². The number of hydrogen-bond donors (Lipinski definition) is 2. The van der Waals surface area contributed by atoms with Crippen LogP contribution in [0.15, 0.2) is 60.7 Å². The Morgan fingerprint density at radius 2 is 0.812 bits per heavy atom. The molecule has 2 rings (SSSR count). The summed E-state index contributed by atoms with van der Waals surface area (Å²) in [5.41, 5.74) is 0. The van der Waals surface area contributed by atoms with Gasteiger partial charge in [-0.15, -0.1) is 0 Å². The van der Waals surface area contributed by atoms with Gasteiger partial charge in [-0.3, -0.25) is 0 Å². The fourth-order valence-corrected chi connectivity index (χ4v) is 0.642. The number of aliphatic hydroxyl groups excluding tert-OH is 2. The molecule has 0 unspecified atom stereocenters. The van der Waals surface area contributed by atoms with E-state index >= 15 is 0 Å². The number of aliphatic hydroxyl groups is 2. The van der Waals surface area contributed by atoms with Gasteiger partial charge in [0, 0.05) is 35.9 Å². The molecule has 16 heavy (non-hydrogen) atoms. The van der Waals surface area contributed by atoms with E-state index in [-0.39, 0.29) is 43.4 Å². The molecule has 0 amide bonds. The van der Waals surface area contributed by atoms with Gasteiger partial charge in [-0.2, -0.15) is 36.4 Å². The predicted molar refractivity (Wildman–Crippen MR) is 60.4 cm³/mol. The molecule has 0 radical (unpaired) electrons. The van der Waals surface area contributed by atoms with E-state index in [1.165, 1.54) is 0 Å². The van der Waals surface area contributed by atoms with Gasteiger partial charge < -0.3 is 10.2 Å². The summed E-state index contributed by atoms with van der Waals surface area (Å²) < 4.78 is 0. The Bertz CT molecular complexity index is 156. The Kier molecular flexibility index (Phi) is 46.0. The third-order valence-corrected chi connectivity index (χ3v) is 1.11. The summed E-state index contributed by atoms with van der Waals surface area (Å²) in [6.07, 6.45) is 0. The van der Waals surface area contributed by atoms with Crippen LogP contribution in [0.25, 0.3) is 0 Å². The Morgan fingerprint density at radius 1 is 0.625 bits per heavy atom. The zero-order valence-electron chi connectivity index (χ0n) is 9.67. The van der Waals surface area contributed by atoms with Crippen LogP contribution in [0.5, 0.6) is 0 Å². The van der Waals surface area contributed by atoms with Crippen molar-refractivity contribution >= 4 is 0 Å². The molecule has 0 atom stereocenters. The smallest absolute Gasteiger partial charge is 0.400 e. The van der Waals surface area contributed by atoms with Crippen molar-refractivity contribution in [2.75, 3.05) is 14.2 Å². The van der Waals surface area contributed by atoms with Crippen LogP contribution < -0.4 is 0 Å². The van der Waals surface area contributed by atoms with Gasteiger partial charge in [0.05, 0.1) is 0 Å². The summed E-state index contributed by atoms with van der Waals surface area (Å²) in [7, 11) is 2.00. The minimum Gasteiger partial charge on any atom is -0.400 e. The second-order valence-electron chi connectivity index (χ2n) is 1.92. The summed E-state index contributed by atoms with van der Waals surface area (Å²) in [5, 5.41) is 14.0. The average Bonchev–Trinajstić information content (AvgIpc) is 3.01. The van der Waals surface area contributed by atoms with E-state index in [4.69, 9.17) is 10.2 Å². The van der Waals surface area contributed by atoms with E-state index in [9.17, 15) is 0 Å². The van der Waals surface area contributed by atoms with Crippen molar-refractivity contribution in [3.05, 3.63) is 60.7 Å². The maximum atomic E-state index is 7.00. The Morgan fingerprint density at radius 3 is 0.875 bits per heavy atom. The molecule has 2 aromatic carbocycles. The van der Waals surface area contributed by atoms with Crippen molar-refractivity contribution in [3.63, 3.8) is 0 Å². The van der Waals surface area contributed by atoms with E-state index in [1.807, 2.05) is 60.7 Å². The van der Waals surface area contributed by atoms with Crippen LogP contribution in [0.3, 0.4) is 0 Å². The molecule has 0 saturated carbocycles. The van der Waals surface area contributed by atoms with E-state index in [0.717, 1.165) is 14.2 Å². The van der Waals surface area contributed by atoms with Crippen LogP contribution in [-0.4, -0.2) is 24.4 Å². The molecule has 0 saturated heterocycles. The first-order chi connectivity index (χ1) is 7.00. The van der Waals surface area contributed by atoms with Crippen molar-refractivity contribution in [2.24, 2.45) is 0 Å². The molecule has 0 heterocycles. The molecule has 4 heteroatoms. The molecule has 2 N–H and O–H groups in total. The molecule has 0 aliphatic carbocycles. The van der Waals surface area contributed by atoms with Crippen molar-refractivity contribution in [3.8, 4) is 0 Å². The standard InChI is InChI=1S/2C5H5.2CH4O.2Ti/c2*1-2-4-5-3-1;2*1-2;;/h2*1-5H;2*2H,1H3;;/q2*-1;;;;+2. The van der Waals surface area contributed by atoms with Gasteiger partial charge >= 0.3 is 21.7 Å². The average molecular weight is 290 g/mol. The molecular formula is C12H18O2Ti2. The first kappa shape index (κ1) is 25.0. The molecule has 0 fully saturated rings. The molecule has 86 valence electrons. The monoisotopic (exact) mass is 290 g/mol. The SMILES string of the molecule is CO.CO.[Ti+2].[Ti].c1cc[cH-]c1.c1cc[cH-]c1. The van der Waals surface area contributed by atoms with E-state index in [0.29, 0.717) is 0 Å². The van der Waals surface area contributed by atoms with E-state index in [1.54, 1.807) is 0 Å². The summed E-state index contributed by atoms with van der Waals surface area (Å²) in [4.78, 5) is 0. The zero-order chi connectivity index (χ0) is 11.1. The van der Waals surface area contributed by atoms with Gasteiger partial charge in [-0.1, -0.05) is 0 Å². The second kappa shape index (κ2) is 29.4. The second-order valence-corrected chi connectivity index (χ2v) is 1.92. The molecule has 0 aliphatic heterocycles. The normalized spacial score (nSPS) is 5.75. The molecule has 2 nitrogen and oxygen atoms in total. The van der Waals surface area contributed by atoms with Gasteiger partial charge in [0.25, 0.3) is 0 Å². The molecule has 0 bridgehead atoms.